The van der Waals surface area contributed by atoms with Crippen LogP contribution in [0.15, 0.2) is 42.6 Å². The lowest BCUT2D eigenvalue weighted by molar-refractivity contribution is 0.0975. The molecule has 0 spiro atoms. The second kappa shape index (κ2) is 8.29. The van der Waals surface area contributed by atoms with Crippen LogP contribution in [0.25, 0.3) is 0 Å². The number of ether oxygens (including phenoxy) is 2. The van der Waals surface area contributed by atoms with E-state index in [0.717, 1.165) is 12.1 Å². The molecule has 0 radical (unpaired) electrons. The molecule has 0 saturated heterocycles. The molecule has 1 unspecified atom stereocenters. The highest BCUT2D eigenvalue weighted by atomic mass is 16.5. The maximum absolute atomic E-state index is 13.2. The SMILES string of the molecule is COCCOc1cc(C(=O)N2CC(N(C)C)Cc3ccccc32)ccn1. The summed E-state index contributed by atoms with van der Waals surface area (Å²) in [6.45, 7) is 1.53. The summed E-state index contributed by atoms with van der Waals surface area (Å²) < 4.78 is 10.5. The topological polar surface area (TPSA) is 54.9 Å². The van der Waals surface area contributed by atoms with Gasteiger partial charge in [-0.25, -0.2) is 4.98 Å². The van der Waals surface area contributed by atoms with Gasteiger partial charge < -0.3 is 19.3 Å². The van der Waals surface area contributed by atoms with Crippen molar-refractivity contribution in [2.24, 2.45) is 0 Å². The van der Waals surface area contributed by atoms with Gasteiger partial charge in [0.15, 0.2) is 0 Å². The summed E-state index contributed by atoms with van der Waals surface area (Å²) >= 11 is 0. The van der Waals surface area contributed by atoms with E-state index in [9.17, 15) is 4.79 Å². The van der Waals surface area contributed by atoms with Crippen LogP contribution in [-0.4, -0.2) is 62.8 Å². The third kappa shape index (κ3) is 4.03. The largest absolute Gasteiger partial charge is 0.475 e. The molecule has 6 heteroatoms. The number of para-hydroxylation sites is 1. The number of methoxy groups -OCH3 is 1. The number of anilines is 1. The minimum atomic E-state index is -0.0389. The third-order valence-electron chi connectivity index (χ3n) is 4.63. The maximum atomic E-state index is 13.2. The van der Waals surface area contributed by atoms with Crippen LogP contribution in [0.1, 0.15) is 15.9 Å². The van der Waals surface area contributed by atoms with Crippen molar-refractivity contribution in [2.75, 3.05) is 45.9 Å². The van der Waals surface area contributed by atoms with Crippen LogP contribution in [0.5, 0.6) is 5.88 Å². The monoisotopic (exact) mass is 355 g/mol. The van der Waals surface area contributed by atoms with Gasteiger partial charge in [0, 0.05) is 43.2 Å². The minimum absolute atomic E-state index is 0.0389. The summed E-state index contributed by atoms with van der Waals surface area (Å²) in [4.78, 5) is 21.4. The smallest absolute Gasteiger partial charge is 0.258 e. The van der Waals surface area contributed by atoms with Gasteiger partial charge in [0.1, 0.15) is 6.61 Å². The van der Waals surface area contributed by atoms with Crippen molar-refractivity contribution in [2.45, 2.75) is 12.5 Å². The van der Waals surface area contributed by atoms with Crippen LogP contribution in [0.2, 0.25) is 0 Å². The van der Waals surface area contributed by atoms with E-state index in [1.165, 1.54) is 5.56 Å². The Hall–Kier alpha value is -2.44. The molecule has 3 rings (SSSR count). The van der Waals surface area contributed by atoms with Crippen LogP contribution >= 0.6 is 0 Å². The molecular weight excluding hydrogens is 330 g/mol. The Morgan fingerprint density at radius 2 is 2.08 bits per heavy atom. The van der Waals surface area contributed by atoms with Gasteiger partial charge in [0.25, 0.3) is 5.91 Å². The lowest BCUT2D eigenvalue weighted by Crippen LogP contribution is -2.48. The number of fused-ring (bicyclic) bond motifs is 1. The summed E-state index contributed by atoms with van der Waals surface area (Å²) in [7, 11) is 5.72. The molecule has 6 nitrogen and oxygen atoms in total. The second-order valence-corrected chi connectivity index (χ2v) is 6.59. The first-order valence-corrected chi connectivity index (χ1v) is 8.74. The van der Waals surface area contributed by atoms with Gasteiger partial charge in [-0.05, 0) is 38.2 Å². The van der Waals surface area contributed by atoms with E-state index in [-0.39, 0.29) is 11.9 Å². The van der Waals surface area contributed by atoms with Crippen molar-refractivity contribution < 1.29 is 14.3 Å². The summed E-state index contributed by atoms with van der Waals surface area (Å²) in [5.41, 5.74) is 2.74. The summed E-state index contributed by atoms with van der Waals surface area (Å²) in [5, 5.41) is 0. The van der Waals surface area contributed by atoms with E-state index >= 15 is 0 Å². The second-order valence-electron chi connectivity index (χ2n) is 6.59. The fraction of sp³-hybridized carbons (Fsp3) is 0.400. The first kappa shape index (κ1) is 18.4. The zero-order chi connectivity index (χ0) is 18.5. The molecule has 26 heavy (non-hydrogen) atoms. The van der Waals surface area contributed by atoms with Crippen LogP contribution < -0.4 is 9.64 Å². The predicted molar refractivity (Wildman–Crippen MR) is 101 cm³/mol. The van der Waals surface area contributed by atoms with Gasteiger partial charge in [0.2, 0.25) is 5.88 Å². The van der Waals surface area contributed by atoms with E-state index < -0.39 is 0 Å². The van der Waals surface area contributed by atoms with Crippen LogP contribution in [0.3, 0.4) is 0 Å². The molecule has 0 bridgehead atoms. The molecular formula is C20H25N3O3. The minimum Gasteiger partial charge on any atom is -0.475 e. The Morgan fingerprint density at radius 3 is 2.85 bits per heavy atom. The molecule has 0 aliphatic carbocycles. The van der Waals surface area contributed by atoms with Gasteiger partial charge in [-0.15, -0.1) is 0 Å². The Kier molecular flexibility index (Phi) is 5.85. The molecule has 2 heterocycles. The molecule has 1 amide bonds. The predicted octanol–water partition coefficient (Wildman–Crippen LogP) is 2.24. The average molecular weight is 355 g/mol. The van der Waals surface area contributed by atoms with Gasteiger partial charge in [-0.3, -0.25) is 4.79 Å². The summed E-state index contributed by atoms with van der Waals surface area (Å²) in [5.74, 6) is 0.394. The van der Waals surface area contributed by atoms with Gasteiger partial charge in [-0.2, -0.15) is 0 Å². The van der Waals surface area contributed by atoms with Crippen molar-refractivity contribution in [1.82, 2.24) is 9.88 Å². The number of nitrogens with zero attached hydrogens (tertiary/aromatic N) is 3. The molecule has 1 aromatic carbocycles. The third-order valence-corrected chi connectivity index (χ3v) is 4.63. The van der Waals surface area contributed by atoms with Crippen LogP contribution in [0.4, 0.5) is 5.69 Å². The number of benzene rings is 1. The van der Waals surface area contributed by atoms with E-state index in [4.69, 9.17) is 9.47 Å². The van der Waals surface area contributed by atoms with Gasteiger partial charge in [0.05, 0.1) is 6.61 Å². The number of pyridine rings is 1. The number of likely N-dealkylation sites (N-methyl/N-ethyl adjacent to an activating group) is 1. The first-order chi connectivity index (χ1) is 12.6. The fourth-order valence-electron chi connectivity index (χ4n) is 3.12. The Labute approximate surface area is 154 Å². The van der Waals surface area contributed by atoms with Crippen molar-refractivity contribution in [3.05, 3.63) is 53.7 Å². The van der Waals surface area contributed by atoms with Crippen LogP contribution in [0, 0.1) is 0 Å². The van der Waals surface area contributed by atoms with E-state index in [0.29, 0.717) is 31.2 Å². The lowest BCUT2D eigenvalue weighted by atomic mass is 9.96. The molecule has 1 atom stereocenters. The highest BCUT2D eigenvalue weighted by molar-refractivity contribution is 6.07. The molecule has 0 fully saturated rings. The zero-order valence-electron chi connectivity index (χ0n) is 15.5. The molecule has 138 valence electrons. The van der Waals surface area contributed by atoms with Gasteiger partial charge >= 0.3 is 0 Å². The Bertz CT molecular complexity index is 763. The van der Waals surface area contributed by atoms with Crippen molar-refractivity contribution in [1.29, 1.82) is 0 Å². The number of rotatable bonds is 6. The van der Waals surface area contributed by atoms with E-state index in [1.54, 1.807) is 25.4 Å². The number of hydrogen-bond acceptors (Lipinski definition) is 5. The van der Waals surface area contributed by atoms with Crippen molar-refractivity contribution in [3.63, 3.8) is 0 Å². The lowest BCUT2D eigenvalue weighted by Gasteiger charge is -2.37. The zero-order valence-corrected chi connectivity index (χ0v) is 15.5. The normalized spacial score (nSPS) is 16.5. The van der Waals surface area contributed by atoms with E-state index in [2.05, 4.69) is 30.0 Å². The number of amides is 1. The fourth-order valence-corrected chi connectivity index (χ4v) is 3.12. The Morgan fingerprint density at radius 1 is 1.27 bits per heavy atom. The average Bonchev–Trinajstić information content (AvgIpc) is 2.67. The molecule has 1 aromatic heterocycles. The molecule has 0 saturated carbocycles. The standard InChI is InChI=1S/C20H25N3O3/c1-22(2)17-12-15-6-4-5-7-18(15)23(14-17)20(24)16-8-9-21-19(13-16)26-11-10-25-3/h4-9,13,17H,10-12,14H2,1-3H3. The number of aromatic nitrogens is 1. The molecule has 2 aromatic rings. The number of carbonyl (C=O) groups excluding carboxylic acids is 1. The summed E-state index contributed by atoms with van der Waals surface area (Å²) in [6.07, 6.45) is 2.54. The van der Waals surface area contributed by atoms with Crippen molar-refractivity contribution in [3.8, 4) is 5.88 Å². The molecule has 1 aliphatic rings. The van der Waals surface area contributed by atoms with Crippen molar-refractivity contribution >= 4 is 11.6 Å². The molecule has 0 N–H and O–H groups in total. The van der Waals surface area contributed by atoms with Gasteiger partial charge in [-0.1, -0.05) is 18.2 Å². The summed E-state index contributed by atoms with van der Waals surface area (Å²) in [6, 6.07) is 11.8. The van der Waals surface area contributed by atoms with E-state index in [1.807, 2.05) is 23.1 Å². The maximum Gasteiger partial charge on any atom is 0.258 e. The number of hydrogen-bond donors (Lipinski definition) is 0. The number of carbonyl (C=O) groups is 1. The first-order valence-electron chi connectivity index (χ1n) is 8.74. The van der Waals surface area contributed by atoms with Crippen LogP contribution in [-0.2, 0) is 11.2 Å². The Balaban J connectivity index is 1.85. The quantitative estimate of drug-likeness (QED) is 0.744. The highest BCUT2D eigenvalue weighted by Crippen LogP contribution is 2.29. The molecule has 1 aliphatic heterocycles. The highest BCUT2D eigenvalue weighted by Gasteiger charge is 2.30.